The molecule has 2 heterocycles. The van der Waals surface area contributed by atoms with Crippen LogP contribution in [0.15, 0.2) is 72.8 Å². The number of carbonyl (C=O) groups is 1. The summed E-state index contributed by atoms with van der Waals surface area (Å²) in [5, 5.41) is 2.98. The molecule has 1 amide bonds. The molecule has 5 rings (SSSR count). The minimum atomic E-state index is -0.110. The predicted octanol–water partition coefficient (Wildman–Crippen LogP) is 4.50. The minimum Gasteiger partial charge on any atom is -0.369 e. The number of hydrogen-bond donors (Lipinski definition) is 1. The fourth-order valence-corrected chi connectivity index (χ4v) is 4.59. The molecule has 34 heavy (non-hydrogen) atoms. The summed E-state index contributed by atoms with van der Waals surface area (Å²) in [6.07, 6.45) is 0.904. The number of rotatable bonds is 6. The molecule has 0 atom stereocenters. The summed E-state index contributed by atoms with van der Waals surface area (Å²) in [4.78, 5) is 22.4. The number of imidazole rings is 1. The summed E-state index contributed by atoms with van der Waals surface area (Å²) >= 11 is 0. The highest BCUT2D eigenvalue weighted by Gasteiger charge is 2.18. The van der Waals surface area contributed by atoms with Crippen LogP contribution in [-0.4, -0.2) is 53.1 Å². The van der Waals surface area contributed by atoms with Crippen LogP contribution in [0.3, 0.4) is 0 Å². The van der Waals surface area contributed by atoms with Crippen molar-refractivity contribution in [1.82, 2.24) is 14.5 Å². The minimum absolute atomic E-state index is 0.110. The van der Waals surface area contributed by atoms with Crippen molar-refractivity contribution in [2.24, 2.45) is 7.05 Å². The van der Waals surface area contributed by atoms with E-state index in [-0.39, 0.29) is 5.91 Å². The number of anilines is 2. The Morgan fingerprint density at radius 3 is 2.41 bits per heavy atom. The van der Waals surface area contributed by atoms with Gasteiger partial charge in [-0.25, -0.2) is 4.98 Å². The van der Waals surface area contributed by atoms with Gasteiger partial charge in [0.15, 0.2) is 0 Å². The molecule has 0 aliphatic carbocycles. The molecule has 174 valence electrons. The normalized spacial score (nSPS) is 14.5. The number of aryl methyl sites for hydroxylation is 2. The van der Waals surface area contributed by atoms with Crippen molar-refractivity contribution in [1.29, 1.82) is 0 Å². The Kier molecular flexibility index (Phi) is 6.32. The van der Waals surface area contributed by atoms with Crippen molar-refractivity contribution in [3.05, 3.63) is 89.7 Å². The Morgan fingerprint density at radius 1 is 0.941 bits per heavy atom. The van der Waals surface area contributed by atoms with E-state index in [0.717, 1.165) is 61.7 Å². The van der Waals surface area contributed by atoms with Crippen molar-refractivity contribution in [2.75, 3.05) is 42.9 Å². The number of aromatic nitrogens is 2. The van der Waals surface area contributed by atoms with E-state index in [1.54, 1.807) is 0 Å². The van der Waals surface area contributed by atoms with Crippen molar-refractivity contribution in [2.45, 2.75) is 13.3 Å². The van der Waals surface area contributed by atoms with Crippen LogP contribution in [-0.2, 0) is 13.5 Å². The lowest BCUT2D eigenvalue weighted by Crippen LogP contribution is -2.47. The van der Waals surface area contributed by atoms with Crippen molar-refractivity contribution in [3.8, 4) is 0 Å². The molecule has 6 nitrogen and oxygen atoms in total. The smallest absolute Gasteiger partial charge is 0.255 e. The van der Waals surface area contributed by atoms with Crippen LogP contribution in [0, 0.1) is 6.92 Å². The molecule has 3 aromatic carbocycles. The van der Waals surface area contributed by atoms with Gasteiger partial charge >= 0.3 is 0 Å². The lowest BCUT2D eigenvalue weighted by atomic mass is 10.2. The molecule has 0 unspecified atom stereocenters. The van der Waals surface area contributed by atoms with Crippen molar-refractivity contribution >= 4 is 28.3 Å². The topological polar surface area (TPSA) is 53.4 Å². The molecule has 1 aromatic heterocycles. The van der Waals surface area contributed by atoms with Crippen molar-refractivity contribution < 1.29 is 4.79 Å². The van der Waals surface area contributed by atoms with Crippen molar-refractivity contribution in [3.63, 3.8) is 0 Å². The number of nitrogens with one attached hydrogen (secondary N) is 1. The van der Waals surface area contributed by atoms with Crippen LogP contribution in [0.4, 0.5) is 11.4 Å². The Hall–Kier alpha value is -3.64. The molecule has 0 bridgehead atoms. The Morgan fingerprint density at radius 2 is 1.68 bits per heavy atom. The first kappa shape index (κ1) is 22.2. The standard InChI is InChI=1S/C28H31N5O/c1-21-8-11-24(12-9-21)33-18-16-32(17-19-33)15-14-27-30-25-20-23(10-13-26(25)31(27)2)29-28(34)22-6-4-3-5-7-22/h3-13,20H,14-19H2,1-2H3,(H,29,34). The first-order chi connectivity index (χ1) is 16.6. The number of nitrogens with zero attached hydrogens (tertiary/aromatic N) is 4. The average molecular weight is 454 g/mol. The van der Waals surface area contributed by atoms with Gasteiger partial charge < -0.3 is 14.8 Å². The molecule has 0 radical (unpaired) electrons. The van der Waals surface area contributed by atoms with Gasteiger partial charge in [-0.2, -0.15) is 0 Å². The van der Waals surface area contributed by atoms with E-state index in [0.29, 0.717) is 5.56 Å². The summed E-state index contributed by atoms with van der Waals surface area (Å²) in [6, 6.07) is 24.0. The number of hydrogen-bond acceptors (Lipinski definition) is 4. The first-order valence-electron chi connectivity index (χ1n) is 11.9. The molecule has 1 aliphatic rings. The third-order valence-electron chi connectivity index (χ3n) is 6.69. The quantitative estimate of drug-likeness (QED) is 0.467. The maximum atomic E-state index is 12.5. The summed E-state index contributed by atoms with van der Waals surface area (Å²) in [6.45, 7) is 7.36. The summed E-state index contributed by atoms with van der Waals surface area (Å²) < 4.78 is 2.17. The van der Waals surface area contributed by atoms with Gasteiger partial charge in [0.2, 0.25) is 0 Å². The van der Waals surface area contributed by atoms with Crippen LogP contribution in [0.5, 0.6) is 0 Å². The maximum absolute atomic E-state index is 12.5. The van der Waals surface area contributed by atoms with E-state index in [1.807, 2.05) is 48.5 Å². The number of fused-ring (bicyclic) bond motifs is 1. The van der Waals surface area contributed by atoms with Gasteiger partial charge in [0.25, 0.3) is 5.91 Å². The van der Waals surface area contributed by atoms with Gasteiger partial charge in [0.1, 0.15) is 5.82 Å². The van der Waals surface area contributed by atoms with E-state index >= 15 is 0 Å². The van der Waals surface area contributed by atoms with E-state index in [9.17, 15) is 4.79 Å². The third kappa shape index (κ3) is 4.82. The van der Waals surface area contributed by atoms with E-state index in [1.165, 1.54) is 11.3 Å². The molecular formula is C28H31N5O. The molecule has 4 aromatic rings. The highest BCUT2D eigenvalue weighted by atomic mass is 16.1. The van der Waals surface area contributed by atoms with Gasteiger partial charge in [-0.1, -0.05) is 35.9 Å². The number of benzene rings is 3. The van der Waals surface area contributed by atoms with Gasteiger partial charge in [-0.05, 0) is 49.4 Å². The molecule has 6 heteroatoms. The monoisotopic (exact) mass is 453 g/mol. The summed E-state index contributed by atoms with van der Waals surface area (Å²) in [5.74, 6) is 0.961. The van der Waals surface area contributed by atoms with Crippen LogP contribution >= 0.6 is 0 Å². The maximum Gasteiger partial charge on any atom is 0.255 e. The van der Waals surface area contributed by atoms with Crippen LogP contribution < -0.4 is 10.2 Å². The number of carbonyl (C=O) groups excluding carboxylic acids is 1. The lowest BCUT2D eigenvalue weighted by molar-refractivity contribution is 0.102. The Balaban J connectivity index is 1.19. The highest BCUT2D eigenvalue weighted by Crippen LogP contribution is 2.21. The Labute approximate surface area is 200 Å². The fraction of sp³-hybridized carbons (Fsp3) is 0.286. The van der Waals surface area contributed by atoms with E-state index in [2.05, 4.69) is 57.9 Å². The van der Waals surface area contributed by atoms with Gasteiger partial charge in [-0.15, -0.1) is 0 Å². The van der Waals surface area contributed by atoms with E-state index in [4.69, 9.17) is 4.98 Å². The second-order valence-corrected chi connectivity index (χ2v) is 9.02. The molecule has 1 N–H and O–H groups in total. The largest absolute Gasteiger partial charge is 0.369 e. The van der Waals surface area contributed by atoms with Gasteiger partial charge in [-0.3, -0.25) is 9.69 Å². The zero-order valence-corrected chi connectivity index (χ0v) is 19.9. The fourth-order valence-electron chi connectivity index (χ4n) is 4.59. The molecular weight excluding hydrogens is 422 g/mol. The predicted molar refractivity (Wildman–Crippen MR) is 139 cm³/mol. The number of amides is 1. The molecule has 1 saturated heterocycles. The van der Waals surface area contributed by atoms with Crippen LogP contribution in [0.1, 0.15) is 21.7 Å². The second kappa shape index (κ2) is 9.69. The van der Waals surface area contributed by atoms with E-state index < -0.39 is 0 Å². The van der Waals surface area contributed by atoms with Crippen LogP contribution in [0.2, 0.25) is 0 Å². The summed E-state index contributed by atoms with van der Waals surface area (Å²) in [7, 11) is 2.07. The SMILES string of the molecule is Cc1ccc(N2CCN(CCc3nc4cc(NC(=O)c5ccccc5)ccc4n3C)CC2)cc1. The summed E-state index contributed by atoms with van der Waals surface area (Å²) in [5.41, 5.74) is 6.01. The zero-order valence-electron chi connectivity index (χ0n) is 19.9. The van der Waals surface area contributed by atoms with Gasteiger partial charge in [0.05, 0.1) is 11.0 Å². The number of piperazine rings is 1. The molecule has 1 aliphatic heterocycles. The Bertz CT molecular complexity index is 1270. The van der Waals surface area contributed by atoms with Gasteiger partial charge in [0, 0.05) is 63.1 Å². The lowest BCUT2D eigenvalue weighted by Gasteiger charge is -2.36. The van der Waals surface area contributed by atoms with Crippen LogP contribution in [0.25, 0.3) is 11.0 Å². The third-order valence-corrected chi connectivity index (χ3v) is 6.69. The molecule has 0 saturated carbocycles. The molecule has 0 spiro atoms. The average Bonchev–Trinajstić information content (AvgIpc) is 3.18. The first-order valence-corrected chi connectivity index (χ1v) is 11.9. The zero-order chi connectivity index (χ0) is 23.5. The molecule has 1 fully saturated rings. The highest BCUT2D eigenvalue weighted by molar-refractivity contribution is 6.04. The second-order valence-electron chi connectivity index (χ2n) is 9.02.